The van der Waals surface area contributed by atoms with Crippen LogP contribution < -0.4 is 0 Å². The molecule has 1 N–H and O–H groups in total. The molecule has 0 saturated carbocycles. The molecule has 0 aliphatic carbocycles. The van der Waals surface area contributed by atoms with Crippen molar-refractivity contribution in [3.8, 4) is 78.6 Å². The van der Waals surface area contributed by atoms with Gasteiger partial charge in [-0.05, 0) is 146 Å². The van der Waals surface area contributed by atoms with Crippen LogP contribution >= 0.6 is 0 Å². The number of rotatable bonds is 10. The number of phenols is 1. The number of hydrogen-bond donors (Lipinski definition) is 1. The number of phenolic OH excluding ortho intramolecular Hbond substituents is 1. The van der Waals surface area contributed by atoms with Crippen molar-refractivity contribution in [3.63, 3.8) is 0 Å². The Kier molecular flexibility index (Phi) is 9.11. The summed E-state index contributed by atoms with van der Waals surface area (Å²) in [4.78, 5) is 10.2. The zero-order chi connectivity index (χ0) is 48.3. The molecule has 0 amide bonds. The summed E-state index contributed by atoms with van der Waals surface area (Å²) in [6.07, 6.45) is 1.82. The highest BCUT2D eigenvalue weighted by atomic mass is 16.3. The zero-order valence-corrected chi connectivity index (χ0v) is 36.0. The summed E-state index contributed by atoms with van der Waals surface area (Å²) >= 11 is 0. The molecule has 9 rings (SSSR count). The molecule has 9 aromatic rings. The maximum absolute atomic E-state index is 11.4. The quantitative estimate of drug-likeness (QED) is 0.150. The maximum Gasteiger partial charge on any atom is 0.149 e. The summed E-state index contributed by atoms with van der Waals surface area (Å²) in [5, 5.41) is 11.4. The van der Waals surface area contributed by atoms with Gasteiger partial charge in [0.05, 0.1) is 28.0 Å². The van der Waals surface area contributed by atoms with Crippen LogP contribution in [0.25, 0.3) is 83.9 Å². The minimum absolute atomic E-state index is 0.00427. The summed E-state index contributed by atoms with van der Waals surface area (Å²) in [7, 11) is 0. The summed E-state index contributed by atoms with van der Waals surface area (Å²) in [6.45, 7) is 8.40. The molecule has 0 atom stereocenters. The number of aryl methyl sites for hydroxylation is 1. The van der Waals surface area contributed by atoms with Gasteiger partial charge in [0.1, 0.15) is 11.6 Å². The summed E-state index contributed by atoms with van der Waals surface area (Å²) < 4.78 is 54.9. The minimum atomic E-state index is -2.58. The van der Waals surface area contributed by atoms with Crippen LogP contribution in [0.15, 0.2) is 170 Å². The average molecular weight is 814 g/mol. The maximum atomic E-state index is 11.4. The SMILES string of the molecule is [2H]C([2H])([2H])c1cc(-c2cc(C([2H])(C)C)cc(C([2H])(C)C)c2)ccc1-n1c(-c2ccccc2O)nc2c(-c3cc(-c4ccccc4)cc(-c4cc(-c5ccc(C([2H])(C)C)cc5)ccn4)c3)cccc21. The summed E-state index contributed by atoms with van der Waals surface area (Å²) in [5.41, 5.74) is 13.2. The lowest BCUT2D eigenvalue weighted by Crippen LogP contribution is -2.01. The number of imidazole rings is 1. The highest BCUT2D eigenvalue weighted by Crippen LogP contribution is 2.41. The number of fused-ring (bicyclic) bond motifs is 1. The molecule has 0 fully saturated rings. The molecule has 62 heavy (non-hydrogen) atoms. The van der Waals surface area contributed by atoms with Crippen molar-refractivity contribution in [1.29, 1.82) is 0 Å². The van der Waals surface area contributed by atoms with Crippen molar-refractivity contribution in [2.45, 2.75) is 66.1 Å². The highest BCUT2D eigenvalue weighted by Gasteiger charge is 2.22. The predicted octanol–water partition coefficient (Wildman–Crippen LogP) is 15.8. The van der Waals surface area contributed by atoms with Gasteiger partial charge in [0, 0.05) is 25.5 Å². The molecule has 0 aliphatic rings. The topological polar surface area (TPSA) is 50.9 Å². The molecular formula is C58H53N3O. The summed E-state index contributed by atoms with van der Waals surface area (Å²) in [5.74, 6) is -2.26. The fraction of sp³-hybridized carbons (Fsp3) is 0.172. The van der Waals surface area contributed by atoms with Gasteiger partial charge in [-0.3, -0.25) is 9.55 Å². The van der Waals surface area contributed by atoms with Gasteiger partial charge < -0.3 is 5.11 Å². The zero-order valence-electron chi connectivity index (χ0n) is 42.0. The molecule has 0 radical (unpaired) electrons. The lowest BCUT2D eigenvalue weighted by Gasteiger charge is -2.17. The molecule has 2 aromatic heterocycles. The first-order chi connectivity index (χ1) is 32.1. The van der Waals surface area contributed by atoms with Crippen LogP contribution in [0, 0.1) is 6.85 Å². The second-order valence-corrected chi connectivity index (χ2v) is 16.7. The number of hydrogen-bond acceptors (Lipinski definition) is 3. The van der Waals surface area contributed by atoms with Gasteiger partial charge in [-0.15, -0.1) is 0 Å². The molecule has 2 heterocycles. The van der Waals surface area contributed by atoms with Crippen molar-refractivity contribution in [2.75, 3.05) is 0 Å². The Hall–Kier alpha value is -7.04. The van der Waals surface area contributed by atoms with Crippen LogP contribution in [0.2, 0.25) is 0 Å². The van der Waals surface area contributed by atoms with Gasteiger partial charge in [-0.1, -0.05) is 145 Å². The van der Waals surface area contributed by atoms with Crippen LogP contribution in [-0.2, 0) is 0 Å². The third-order valence-electron chi connectivity index (χ3n) is 11.7. The second kappa shape index (κ2) is 16.8. The first kappa shape index (κ1) is 33.7. The number of aromatic nitrogens is 3. The number of benzene rings is 7. The van der Waals surface area contributed by atoms with E-state index in [1.807, 2.05) is 110 Å². The van der Waals surface area contributed by atoms with Gasteiger partial charge in [-0.25, -0.2) is 4.98 Å². The Morgan fingerprint density at radius 2 is 1.11 bits per heavy atom. The van der Waals surface area contributed by atoms with E-state index in [4.69, 9.17) is 18.2 Å². The van der Waals surface area contributed by atoms with Gasteiger partial charge in [0.25, 0.3) is 0 Å². The Morgan fingerprint density at radius 3 is 1.82 bits per heavy atom. The van der Waals surface area contributed by atoms with E-state index in [-0.39, 0.29) is 11.3 Å². The van der Waals surface area contributed by atoms with E-state index >= 15 is 0 Å². The number of aromatic hydroxyl groups is 1. The molecule has 0 unspecified atom stereocenters. The van der Waals surface area contributed by atoms with Crippen LogP contribution in [0.4, 0.5) is 0 Å². The largest absolute Gasteiger partial charge is 0.507 e. The van der Waals surface area contributed by atoms with Crippen molar-refractivity contribution in [3.05, 3.63) is 192 Å². The van der Waals surface area contributed by atoms with Crippen LogP contribution in [0.5, 0.6) is 5.75 Å². The molecule has 0 spiro atoms. The van der Waals surface area contributed by atoms with Crippen LogP contribution in [-0.4, -0.2) is 19.6 Å². The van der Waals surface area contributed by atoms with E-state index in [1.54, 1.807) is 58.0 Å². The normalized spacial score (nSPS) is 13.8. The molecule has 7 aromatic carbocycles. The monoisotopic (exact) mass is 813 g/mol. The standard InChI is InChI=1S/C58H53N3O/c1-36(2)40-20-22-42(23-21-40)44-26-27-59-53(35-44)50-33-47(41-14-9-8-10-15-41)32-49(34-50)51-17-13-18-55-57(51)60-58(52-16-11-12-19-56(52)62)61(55)54-25-24-43(28-39(54)7)48-30-45(37(3)4)29-46(31-48)38(5)6/h8-38,62H,1-7H3/i7D3,36D,37D,38D. The highest BCUT2D eigenvalue weighted by molar-refractivity contribution is 5.98. The Morgan fingerprint density at radius 1 is 0.500 bits per heavy atom. The Labute approximate surface area is 374 Å². The van der Waals surface area contributed by atoms with E-state index in [9.17, 15) is 5.11 Å². The fourth-order valence-corrected chi connectivity index (χ4v) is 8.19. The Bertz CT molecular complexity index is 3300. The molecule has 0 aliphatic heterocycles. The number of para-hydroxylation sites is 2. The third-order valence-corrected chi connectivity index (χ3v) is 11.7. The lowest BCUT2D eigenvalue weighted by atomic mass is 9.90. The fourth-order valence-electron chi connectivity index (χ4n) is 8.19. The van der Waals surface area contributed by atoms with Gasteiger partial charge >= 0.3 is 0 Å². The van der Waals surface area contributed by atoms with E-state index in [2.05, 4.69) is 48.5 Å². The lowest BCUT2D eigenvalue weighted by molar-refractivity contribution is 0.477. The Balaban J connectivity index is 1.26. The average Bonchev–Trinajstić information content (AvgIpc) is 3.70. The second-order valence-electron chi connectivity index (χ2n) is 16.7. The first-order valence-corrected chi connectivity index (χ1v) is 21.0. The van der Waals surface area contributed by atoms with Crippen molar-refractivity contribution < 1.29 is 13.3 Å². The van der Waals surface area contributed by atoms with Crippen molar-refractivity contribution >= 4 is 11.0 Å². The van der Waals surface area contributed by atoms with Crippen LogP contribution in [0.1, 0.15) is 89.7 Å². The molecule has 4 heteroatoms. The predicted molar refractivity (Wildman–Crippen MR) is 260 cm³/mol. The number of pyridine rings is 1. The smallest absolute Gasteiger partial charge is 0.149 e. The first-order valence-electron chi connectivity index (χ1n) is 24.0. The number of nitrogens with zero attached hydrogens (tertiary/aromatic N) is 3. The third kappa shape index (κ3) is 7.85. The van der Waals surface area contributed by atoms with E-state index in [1.165, 1.54) is 0 Å². The molecule has 0 saturated heterocycles. The van der Waals surface area contributed by atoms with Gasteiger partial charge in [0.15, 0.2) is 0 Å². The molecule has 0 bridgehead atoms. The molecule has 306 valence electrons. The molecular weight excluding hydrogens is 755 g/mol. The summed E-state index contributed by atoms with van der Waals surface area (Å²) in [6, 6.07) is 52.6. The van der Waals surface area contributed by atoms with E-state index in [0.29, 0.717) is 39.2 Å². The van der Waals surface area contributed by atoms with Crippen molar-refractivity contribution in [1.82, 2.24) is 14.5 Å². The van der Waals surface area contributed by atoms with Crippen molar-refractivity contribution in [2.24, 2.45) is 0 Å². The van der Waals surface area contributed by atoms with E-state index < -0.39 is 24.5 Å². The van der Waals surface area contributed by atoms with E-state index in [0.717, 1.165) is 61.3 Å². The van der Waals surface area contributed by atoms with Gasteiger partial charge in [-0.2, -0.15) is 0 Å². The molecule has 4 nitrogen and oxygen atoms in total. The van der Waals surface area contributed by atoms with Gasteiger partial charge in [0.2, 0.25) is 0 Å². The van der Waals surface area contributed by atoms with Crippen LogP contribution in [0.3, 0.4) is 0 Å². The minimum Gasteiger partial charge on any atom is -0.507 e.